The van der Waals surface area contributed by atoms with Gasteiger partial charge in [-0.05, 0) is 30.5 Å². The summed E-state index contributed by atoms with van der Waals surface area (Å²) in [7, 11) is -4.57. The molecule has 0 unspecified atom stereocenters. The zero-order chi connectivity index (χ0) is 17.6. The van der Waals surface area contributed by atoms with Gasteiger partial charge in [-0.1, -0.05) is 42.5 Å². The van der Waals surface area contributed by atoms with Gasteiger partial charge in [-0.25, -0.2) is 18.4 Å². The zero-order valence-electron chi connectivity index (χ0n) is 14.3. The van der Waals surface area contributed by atoms with Crippen molar-refractivity contribution in [1.82, 2.24) is 9.97 Å². The molecule has 0 N–H and O–H groups in total. The molecule has 0 atom stereocenters. The molecule has 0 saturated heterocycles. The van der Waals surface area contributed by atoms with E-state index in [1.165, 1.54) is 6.07 Å². The van der Waals surface area contributed by atoms with Crippen molar-refractivity contribution in [3.63, 3.8) is 0 Å². The van der Waals surface area contributed by atoms with Crippen LogP contribution in [0.2, 0.25) is 0 Å². The maximum atomic E-state index is 11.5. The minimum Gasteiger partial charge on any atom is -0.744 e. The standard InChI is InChI=1S/C19H14N2O3S.Na/c1-12-19(13-6-3-2-4-7-13)21-17-11-15-14(10-16(17)20-12)8-5-9-18(15)25(22,23)24;/h2-11H,1H3,(H,22,23,24);/q;+1/p-1. The average Bonchev–Trinajstić information content (AvgIpc) is 2.59. The van der Waals surface area contributed by atoms with Crippen molar-refractivity contribution in [3.05, 3.63) is 66.4 Å². The van der Waals surface area contributed by atoms with Crippen molar-refractivity contribution in [2.45, 2.75) is 11.8 Å². The fourth-order valence-electron chi connectivity index (χ4n) is 2.97. The molecule has 0 radical (unpaired) electrons. The van der Waals surface area contributed by atoms with Crippen LogP contribution in [0.25, 0.3) is 33.1 Å². The first kappa shape index (κ1) is 18.9. The van der Waals surface area contributed by atoms with Crippen LogP contribution in [-0.2, 0) is 10.1 Å². The Balaban J connectivity index is 0.00000196. The first-order valence-corrected chi connectivity index (χ1v) is 9.07. The van der Waals surface area contributed by atoms with Crippen molar-refractivity contribution < 1.29 is 42.5 Å². The number of hydrogen-bond donors (Lipinski definition) is 0. The molecule has 0 aliphatic carbocycles. The minimum absolute atomic E-state index is 0. The monoisotopic (exact) mass is 372 g/mol. The van der Waals surface area contributed by atoms with Gasteiger partial charge in [0.25, 0.3) is 0 Å². The molecule has 124 valence electrons. The van der Waals surface area contributed by atoms with Gasteiger partial charge in [0.2, 0.25) is 0 Å². The van der Waals surface area contributed by atoms with Crippen molar-refractivity contribution >= 4 is 31.9 Å². The third-order valence-corrected chi connectivity index (χ3v) is 5.01. The Morgan fingerprint density at radius 2 is 1.58 bits per heavy atom. The summed E-state index contributed by atoms with van der Waals surface area (Å²) in [6, 6.07) is 17.6. The summed E-state index contributed by atoms with van der Waals surface area (Å²) in [5, 5.41) is 1.01. The summed E-state index contributed by atoms with van der Waals surface area (Å²) in [5.74, 6) is 0. The van der Waals surface area contributed by atoms with Crippen molar-refractivity contribution in [2.75, 3.05) is 0 Å². The van der Waals surface area contributed by atoms with E-state index in [9.17, 15) is 13.0 Å². The second kappa shape index (κ2) is 7.06. The van der Waals surface area contributed by atoms with Crippen LogP contribution in [-0.4, -0.2) is 22.9 Å². The average molecular weight is 372 g/mol. The molecule has 4 aromatic rings. The fourth-order valence-corrected chi connectivity index (χ4v) is 3.67. The Kier molecular flexibility index (Phi) is 5.14. The van der Waals surface area contributed by atoms with Crippen LogP contribution >= 0.6 is 0 Å². The molecule has 0 fully saturated rings. The van der Waals surface area contributed by atoms with Crippen LogP contribution in [0.15, 0.2) is 65.6 Å². The molecule has 0 spiro atoms. The van der Waals surface area contributed by atoms with E-state index in [4.69, 9.17) is 0 Å². The van der Waals surface area contributed by atoms with Gasteiger partial charge in [-0.2, -0.15) is 0 Å². The smallest absolute Gasteiger partial charge is 0.744 e. The van der Waals surface area contributed by atoms with Crippen molar-refractivity contribution in [1.29, 1.82) is 0 Å². The van der Waals surface area contributed by atoms with Gasteiger partial charge < -0.3 is 4.55 Å². The van der Waals surface area contributed by atoms with Crippen LogP contribution in [0.1, 0.15) is 5.69 Å². The van der Waals surface area contributed by atoms with Gasteiger partial charge in [-0.3, -0.25) is 0 Å². The minimum atomic E-state index is -4.57. The molecule has 5 nitrogen and oxygen atoms in total. The number of benzene rings is 3. The molecule has 7 heteroatoms. The van der Waals surface area contributed by atoms with Crippen LogP contribution in [0.5, 0.6) is 0 Å². The van der Waals surface area contributed by atoms with E-state index in [0.29, 0.717) is 21.8 Å². The SMILES string of the molecule is Cc1nc2cc3cccc(S(=O)(=O)[O-])c3cc2nc1-c1ccccc1.[Na+]. The number of fused-ring (bicyclic) bond motifs is 2. The second-order valence-electron chi connectivity index (χ2n) is 5.80. The second-order valence-corrected chi connectivity index (χ2v) is 7.14. The third-order valence-electron chi connectivity index (χ3n) is 4.12. The van der Waals surface area contributed by atoms with E-state index in [0.717, 1.165) is 17.0 Å². The molecular weight excluding hydrogens is 359 g/mol. The van der Waals surface area contributed by atoms with Gasteiger partial charge in [0.1, 0.15) is 10.1 Å². The summed E-state index contributed by atoms with van der Waals surface area (Å²) in [6.07, 6.45) is 0. The molecule has 26 heavy (non-hydrogen) atoms. The third kappa shape index (κ3) is 3.39. The maximum Gasteiger partial charge on any atom is 1.00 e. The summed E-state index contributed by atoms with van der Waals surface area (Å²) in [5.41, 5.74) is 3.65. The normalized spacial score (nSPS) is 11.5. The van der Waals surface area contributed by atoms with Gasteiger partial charge in [-0.15, -0.1) is 0 Å². The fraction of sp³-hybridized carbons (Fsp3) is 0.0526. The van der Waals surface area contributed by atoms with Crippen molar-refractivity contribution in [3.8, 4) is 11.3 Å². The first-order valence-electron chi connectivity index (χ1n) is 7.66. The predicted octanol–water partition coefficient (Wildman–Crippen LogP) is 0.667. The number of rotatable bonds is 2. The molecule has 1 heterocycles. The summed E-state index contributed by atoms with van der Waals surface area (Å²) < 4.78 is 34.6. The summed E-state index contributed by atoms with van der Waals surface area (Å²) in [6.45, 7) is 1.89. The Morgan fingerprint density at radius 1 is 0.885 bits per heavy atom. The van der Waals surface area contributed by atoms with Crippen LogP contribution in [0, 0.1) is 6.92 Å². The maximum absolute atomic E-state index is 11.5. The van der Waals surface area contributed by atoms with Gasteiger partial charge in [0.15, 0.2) is 0 Å². The van der Waals surface area contributed by atoms with Gasteiger partial charge >= 0.3 is 29.6 Å². The Hall–Kier alpha value is -1.83. The molecule has 4 rings (SSSR count). The van der Waals surface area contributed by atoms with Gasteiger partial charge in [0.05, 0.1) is 27.3 Å². The Morgan fingerprint density at radius 3 is 2.27 bits per heavy atom. The summed E-state index contributed by atoms with van der Waals surface area (Å²) >= 11 is 0. The van der Waals surface area contributed by atoms with Crippen LogP contribution in [0.3, 0.4) is 0 Å². The number of aromatic nitrogens is 2. The van der Waals surface area contributed by atoms with E-state index < -0.39 is 10.1 Å². The number of aryl methyl sites for hydroxylation is 1. The number of nitrogens with zero attached hydrogens (tertiary/aromatic N) is 2. The van der Waals surface area contributed by atoms with E-state index in [1.54, 1.807) is 24.3 Å². The van der Waals surface area contributed by atoms with E-state index in [-0.39, 0.29) is 34.5 Å². The van der Waals surface area contributed by atoms with Crippen molar-refractivity contribution in [2.24, 2.45) is 0 Å². The molecule has 1 aromatic heterocycles. The quantitative estimate of drug-likeness (QED) is 0.293. The number of hydrogen-bond acceptors (Lipinski definition) is 5. The zero-order valence-corrected chi connectivity index (χ0v) is 17.1. The van der Waals surface area contributed by atoms with Gasteiger partial charge in [0, 0.05) is 10.9 Å². The molecule has 3 aromatic carbocycles. The van der Waals surface area contributed by atoms with E-state index in [2.05, 4.69) is 9.97 Å². The molecule has 0 amide bonds. The van der Waals surface area contributed by atoms with E-state index >= 15 is 0 Å². The first-order chi connectivity index (χ1) is 11.9. The molecule has 0 aliphatic heterocycles. The Labute approximate surface area is 173 Å². The Bertz CT molecular complexity index is 1230. The van der Waals surface area contributed by atoms with Crippen LogP contribution in [0.4, 0.5) is 0 Å². The molecule has 0 saturated carbocycles. The molecule has 0 bridgehead atoms. The predicted molar refractivity (Wildman–Crippen MR) is 95.2 cm³/mol. The largest absolute Gasteiger partial charge is 1.00 e. The van der Waals surface area contributed by atoms with E-state index in [1.807, 2.05) is 37.3 Å². The molecule has 0 aliphatic rings. The van der Waals surface area contributed by atoms with Crippen LogP contribution < -0.4 is 29.6 Å². The molecular formula is C19H13N2NaO3S. The topological polar surface area (TPSA) is 83.0 Å². The summed E-state index contributed by atoms with van der Waals surface area (Å²) in [4.78, 5) is 9.02.